The molecule has 0 bridgehead atoms. The van der Waals surface area contributed by atoms with Crippen LogP contribution in [0, 0.1) is 11.8 Å². The fourth-order valence-electron chi connectivity index (χ4n) is 3.19. The summed E-state index contributed by atoms with van der Waals surface area (Å²) in [7, 11) is 1.71. The Morgan fingerprint density at radius 3 is 2.86 bits per heavy atom. The summed E-state index contributed by atoms with van der Waals surface area (Å²) in [6.45, 7) is 5.19. The maximum Gasteiger partial charge on any atom is 0.261 e. The Bertz CT molecular complexity index is 1080. The molecule has 1 aromatic heterocycles. The van der Waals surface area contributed by atoms with E-state index in [1.807, 2.05) is 24.3 Å². The number of carbonyl (C=O) groups is 1. The van der Waals surface area contributed by atoms with Gasteiger partial charge in [0.05, 0.1) is 10.9 Å². The van der Waals surface area contributed by atoms with Crippen LogP contribution in [0.1, 0.15) is 31.7 Å². The smallest absolute Gasteiger partial charge is 0.261 e. The molecule has 0 fully saturated rings. The van der Waals surface area contributed by atoms with Crippen LogP contribution in [-0.4, -0.2) is 46.2 Å². The van der Waals surface area contributed by atoms with Gasteiger partial charge in [-0.1, -0.05) is 18.9 Å². The first kappa shape index (κ1) is 19.6. The summed E-state index contributed by atoms with van der Waals surface area (Å²) in [5.41, 5.74) is 2.07. The van der Waals surface area contributed by atoms with Crippen molar-refractivity contribution in [1.29, 1.82) is 0 Å². The minimum atomic E-state index is -0.0633. The molecule has 0 aliphatic carbocycles. The second-order valence-corrected chi connectivity index (χ2v) is 6.64. The lowest BCUT2D eigenvalue weighted by Gasteiger charge is -2.16. The monoisotopic (exact) mass is 376 g/mol. The van der Waals surface area contributed by atoms with Crippen molar-refractivity contribution in [2.75, 3.05) is 20.1 Å². The van der Waals surface area contributed by atoms with E-state index < -0.39 is 0 Å². The highest BCUT2D eigenvalue weighted by Crippen LogP contribution is 2.13. The topological polar surface area (TPSA) is 67.6 Å². The molecular formula is C22H24N4O2. The van der Waals surface area contributed by atoms with Crippen LogP contribution in [-0.2, 0) is 17.8 Å². The molecule has 3 rings (SSSR count). The summed E-state index contributed by atoms with van der Waals surface area (Å²) >= 11 is 0. The number of benzene rings is 1. The van der Waals surface area contributed by atoms with Gasteiger partial charge in [0, 0.05) is 45.6 Å². The summed E-state index contributed by atoms with van der Waals surface area (Å²) < 4.78 is 1.69. The molecule has 0 saturated heterocycles. The van der Waals surface area contributed by atoms with Crippen LogP contribution in [0.3, 0.4) is 0 Å². The molecule has 144 valence electrons. The van der Waals surface area contributed by atoms with E-state index in [-0.39, 0.29) is 11.5 Å². The van der Waals surface area contributed by atoms with Crippen LogP contribution in [0.25, 0.3) is 10.9 Å². The molecular weight excluding hydrogens is 352 g/mol. The summed E-state index contributed by atoms with van der Waals surface area (Å²) in [5.74, 6) is 6.88. The molecule has 0 atom stereocenters. The van der Waals surface area contributed by atoms with E-state index in [0.29, 0.717) is 48.5 Å². The molecule has 0 radical (unpaired) electrons. The quantitative estimate of drug-likeness (QED) is 0.596. The zero-order valence-corrected chi connectivity index (χ0v) is 16.5. The number of amides is 1. The van der Waals surface area contributed by atoms with E-state index in [1.165, 1.54) is 0 Å². The van der Waals surface area contributed by atoms with Gasteiger partial charge in [-0.05, 0) is 36.6 Å². The maximum atomic E-state index is 12.9. The highest BCUT2D eigenvalue weighted by Gasteiger charge is 2.18. The van der Waals surface area contributed by atoms with Gasteiger partial charge in [-0.3, -0.25) is 19.1 Å². The van der Waals surface area contributed by atoms with Crippen molar-refractivity contribution in [3.8, 4) is 11.8 Å². The van der Waals surface area contributed by atoms with Gasteiger partial charge >= 0.3 is 0 Å². The van der Waals surface area contributed by atoms with Crippen LogP contribution in [0.2, 0.25) is 0 Å². The molecule has 1 amide bonds. The van der Waals surface area contributed by atoms with Crippen molar-refractivity contribution in [2.45, 2.75) is 33.2 Å². The lowest BCUT2D eigenvalue weighted by atomic mass is 10.1. The minimum absolute atomic E-state index is 0.0217. The summed E-state index contributed by atoms with van der Waals surface area (Å²) in [6.07, 6.45) is 5.41. The average molecular weight is 376 g/mol. The molecule has 1 aromatic carbocycles. The fourth-order valence-corrected chi connectivity index (χ4v) is 3.19. The lowest BCUT2D eigenvalue weighted by molar-refractivity contribution is -0.128. The molecule has 0 spiro atoms. The summed E-state index contributed by atoms with van der Waals surface area (Å²) in [5, 5.41) is 0.570. The molecule has 2 heterocycles. The predicted molar refractivity (Wildman–Crippen MR) is 112 cm³/mol. The Balaban J connectivity index is 1.98. The lowest BCUT2D eigenvalue weighted by Crippen LogP contribution is -2.32. The summed E-state index contributed by atoms with van der Waals surface area (Å²) in [6, 6.07) is 5.45. The number of aromatic nitrogens is 2. The number of allylic oxidation sites excluding steroid dienone is 2. The van der Waals surface area contributed by atoms with E-state index in [0.717, 1.165) is 12.0 Å². The van der Waals surface area contributed by atoms with Crippen LogP contribution in [0.4, 0.5) is 0 Å². The molecule has 0 N–H and O–H groups in total. The van der Waals surface area contributed by atoms with Gasteiger partial charge in [0.1, 0.15) is 11.5 Å². The largest absolute Gasteiger partial charge is 0.341 e. The van der Waals surface area contributed by atoms with Crippen molar-refractivity contribution in [3.63, 3.8) is 0 Å². The van der Waals surface area contributed by atoms with Gasteiger partial charge < -0.3 is 4.90 Å². The third-order valence-corrected chi connectivity index (χ3v) is 4.77. The number of fused-ring (bicyclic) bond motifs is 2. The van der Waals surface area contributed by atoms with Gasteiger partial charge in [-0.2, -0.15) is 0 Å². The minimum Gasteiger partial charge on any atom is -0.341 e. The van der Waals surface area contributed by atoms with Crippen molar-refractivity contribution < 1.29 is 4.79 Å². The third kappa shape index (κ3) is 4.20. The normalized spacial score (nSPS) is 14.5. The van der Waals surface area contributed by atoms with Gasteiger partial charge in [-0.25, -0.2) is 4.98 Å². The molecule has 28 heavy (non-hydrogen) atoms. The molecule has 6 heteroatoms. The van der Waals surface area contributed by atoms with E-state index >= 15 is 0 Å². The standard InChI is InChI=1S/C22H24N4O2/c1-4-5-6-18(23-3)9-7-17-8-10-19-20(15-17)24-21-11-12-25(16(2)27)13-14-26(21)22(19)28/h5-6,8,10,15H,4,11-14H2,1-3H3/b6-5-,23-18?. The van der Waals surface area contributed by atoms with Crippen molar-refractivity contribution in [2.24, 2.45) is 4.99 Å². The number of aliphatic imine (C=N–C) groups is 1. The Kier molecular flexibility index (Phi) is 6.05. The SMILES string of the molecule is CC/C=C\C(C#Cc1ccc2c(=O)n3c(nc2c1)CCN(C(C)=O)CC3)=NC. The zero-order chi connectivity index (χ0) is 20.1. The second-order valence-electron chi connectivity index (χ2n) is 6.64. The second kappa shape index (κ2) is 8.66. The van der Waals surface area contributed by atoms with Crippen LogP contribution < -0.4 is 5.56 Å². The first-order valence-corrected chi connectivity index (χ1v) is 9.47. The molecule has 1 aliphatic rings. The number of carbonyl (C=O) groups excluding carboxylic acids is 1. The number of rotatable bonds is 2. The third-order valence-electron chi connectivity index (χ3n) is 4.77. The Morgan fingerprint density at radius 1 is 1.32 bits per heavy atom. The zero-order valence-electron chi connectivity index (χ0n) is 16.5. The average Bonchev–Trinajstić information content (AvgIpc) is 2.91. The van der Waals surface area contributed by atoms with Crippen LogP contribution in [0.5, 0.6) is 0 Å². The van der Waals surface area contributed by atoms with Crippen molar-refractivity contribution in [1.82, 2.24) is 14.5 Å². The molecule has 1 aliphatic heterocycles. The van der Waals surface area contributed by atoms with Crippen molar-refractivity contribution in [3.05, 3.63) is 52.1 Å². The van der Waals surface area contributed by atoms with Crippen molar-refractivity contribution >= 4 is 22.5 Å². The van der Waals surface area contributed by atoms with E-state index in [2.05, 4.69) is 23.8 Å². The Hall–Kier alpha value is -3.20. The Morgan fingerprint density at radius 2 is 2.14 bits per heavy atom. The fraction of sp³-hybridized carbons (Fsp3) is 0.364. The van der Waals surface area contributed by atoms with Gasteiger partial charge in [0.2, 0.25) is 5.91 Å². The van der Waals surface area contributed by atoms with Crippen LogP contribution in [0.15, 0.2) is 40.1 Å². The molecule has 0 unspecified atom stereocenters. The molecule has 0 saturated carbocycles. The number of hydrogen-bond donors (Lipinski definition) is 0. The molecule has 2 aromatic rings. The van der Waals surface area contributed by atoms with E-state index in [9.17, 15) is 9.59 Å². The van der Waals surface area contributed by atoms with E-state index in [4.69, 9.17) is 4.98 Å². The maximum absolute atomic E-state index is 12.9. The van der Waals surface area contributed by atoms with E-state index in [1.54, 1.807) is 29.5 Å². The van der Waals surface area contributed by atoms with Crippen LogP contribution >= 0.6 is 0 Å². The highest BCUT2D eigenvalue weighted by molar-refractivity contribution is 6.09. The van der Waals surface area contributed by atoms with Gasteiger partial charge in [0.25, 0.3) is 5.56 Å². The highest BCUT2D eigenvalue weighted by atomic mass is 16.2. The predicted octanol–water partition coefficient (Wildman–Crippen LogP) is 2.19. The van der Waals surface area contributed by atoms with Gasteiger partial charge in [-0.15, -0.1) is 0 Å². The first-order valence-electron chi connectivity index (χ1n) is 9.47. The Labute approximate surface area is 164 Å². The number of hydrogen-bond acceptors (Lipinski definition) is 4. The number of nitrogens with zero attached hydrogens (tertiary/aromatic N) is 4. The first-order chi connectivity index (χ1) is 13.5. The summed E-state index contributed by atoms with van der Waals surface area (Å²) in [4.78, 5) is 35.2. The molecule has 6 nitrogen and oxygen atoms in total. The van der Waals surface area contributed by atoms with Gasteiger partial charge in [0.15, 0.2) is 0 Å².